The highest BCUT2D eigenvalue weighted by atomic mass is 32.2. The number of rotatable bonds is 6. The highest BCUT2D eigenvalue weighted by Gasteiger charge is 2.05. The maximum absolute atomic E-state index is 5.47. The minimum atomic E-state index is 0.340. The van der Waals surface area contributed by atoms with Gasteiger partial charge in [-0.15, -0.1) is 0 Å². The molecule has 0 heterocycles. The van der Waals surface area contributed by atoms with Crippen LogP contribution in [0.25, 0.3) is 0 Å². The van der Waals surface area contributed by atoms with Crippen LogP contribution in [0.15, 0.2) is 0 Å². The highest BCUT2D eigenvalue weighted by molar-refractivity contribution is 7.98. The number of likely N-dealkylation sites (N-methyl/N-ethyl adjacent to an activating group) is 1. The maximum Gasteiger partial charge on any atom is 0.0631 e. The molecular weight excluding hydrogens is 158 g/mol. The Labute approximate surface area is 74.1 Å². The van der Waals surface area contributed by atoms with Crippen LogP contribution in [-0.2, 0) is 4.74 Å². The van der Waals surface area contributed by atoms with Gasteiger partial charge < -0.3 is 10.1 Å². The van der Waals surface area contributed by atoms with Gasteiger partial charge in [-0.05, 0) is 27.2 Å². The molecule has 0 aromatic carbocycles. The summed E-state index contributed by atoms with van der Waals surface area (Å²) in [5, 5.41) is 3.21. The summed E-state index contributed by atoms with van der Waals surface area (Å²) in [6, 6.07) is 0.493. The summed E-state index contributed by atoms with van der Waals surface area (Å²) < 4.78 is 5.47. The third-order valence-corrected chi connectivity index (χ3v) is 2.14. The maximum atomic E-state index is 5.47. The number of thioether (sulfide) groups is 1. The molecule has 0 radical (unpaired) electrons. The van der Waals surface area contributed by atoms with E-state index in [1.54, 1.807) is 0 Å². The second-order valence-corrected chi connectivity index (χ2v) is 3.73. The van der Waals surface area contributed by atoms with Crippen LogP contribution in [0.1, 0.15) is 13.8 Å². The van der Waals surface area contributed by atoms with Gasteiger partial charge in [-0.3, -0.25) is 0 Å². The molecular formula is C8H19NOS. The van der Waals surface area contributed by atoms with E-state index in [9.17, 15) is 0 Å². The van der Waals surface area contributed by atoms with Crippen LogP contribution in [0.3, 0.4) is 0 Å². The lowest BCUT2D eigenvalue weighted by Gasteiger charge is -2.16. The quantitative estimate of drug-likeness (QED) is 0.662. The summed E-state index contributed by atoms with van der Waals surface area (Å²) >= 11 is 1.84. The van der Waals surface area contributed by atoms with Gasteiger partial charge in [0.25, 0.3) is 0 Å². The zero-order valence-electron chi connectivity index (χ0n) is 7.89. The third-order valence-electron chi connectivity index (χ3n) is 1.41. The second kappa shape index (κ2) is 6.95. The largest absolute Gasteiger partial charge is 0.377 e. The molecule has 0 saturated carbocycles. The Morgan fingerprint density at radius 2 is 2.09 bits per heavy atom. The van der Waals surface area contributed by atoms with E-state index in [1.165, 1.54) is 0 Å². The topological polar surface area (TPSA) is 21.3 Å². The Morgan fingerprint density at radius 3 is 2.45 bits per heavy atom. The van der Waals surface area contributed by atoms with Crippen molar-refractivity contribution in [3.8, 4) is 0 Å². The summed E-state index contributed by atoms with van der Waals surface area (Å²) in [5.41, 5.74) is 0. The van der Waals surface area contributed by atoms with Crippen molar-refractivity contribution < 1.29 is 4.74 Å². The van der Waals surface area contributed by atoms with Crippen molar-refractivity contribution in [2.24, 2.45) is 0 Å². The molecule has 1 N–H and O–H groups in total. The van der Waals surface area contributed by atoms with Crippen molar-refractivity contribution in [2.75, 3.05) is 25.7 Å². The third kappa shape index (κ3) is 6.66. The molecule has 68 valence electrons. The first-order chi connectivity index (χ1) is 5.20. The molecule has 0 spiro atoms. The van der Waals surface area contributed by atoms with Crippen molar-refractivity contribution in [1.82, 2.24) is 5.32 Å². The van der Waals surface area contributed by atoms with Crippen LogP contribution in [0, 0.1) is 0 Å². The zero-order valence-corrected chi connectivity index (χ0v) is 8.70. The predicted octanol–water partition coefficient (Wildman–Crippen LogP) is 1.36. The van der Waals surface area contributed by atoms with Crippen LogP contribution < -0.4 is 5.32 Å². The van der Waals surface area contributed by atoms with Crippen molar-refractivity contribution in [1.29, 1.82) is 0 Å². The Bertz CT molecular complexity index is 88.2. The van der Waals surface area contributed by atoms with Crippen molar-refractivity contribution in [3.63, 3.8) is 0 Å². The molecule has 3 heteroatoms. The molecule has 0 fully saturated rings. The van der Waals surface area contributed by atoms with Gasteiger partial charge in [-0.25, -0.2) is 0 Å². The summed E-state index contributed by atoms with van der Waals surface area (Å²) in [5.74, 6) is 1.11. The Kier molecular flexibility index (Phi) is 7.12. The fourth-order valence-corrected chi connectivity index (χ4v) is 1.39. The van der Waals surface area contributed by atoms with E-state index in [1.807, 2.05) is 18.8 Å². The molecule has 0 saturated heterocycles. The first-order valence-electron chi connectivity index (χ1n) is 3.98. The van der Waals surface area contributed by atoms with Gasteiger partial charge in [-0.2, -0.15) is 11.8 Å². The van der Waals surface area contributed by atoms with Gasteiger partial charge in [0.2, 0.25) is 0 Å². The van der Waals surface area contributed by atoms with E-state index in [-0.39, 0.29) is 0 Å². The summed E-state index contributed by atoms with van der Waals surface area (Å²) in [6.45, 7) is 4.94. The molecule has 11 heavy (non-hydrogen) atoms. The van der Waals surface area contributed by atoms with E-state index in [2.05, 4.69) is 25.4 Å². The van der Waals surface area contributed by atoms with E-state index < -0.39 is 0 Å². The average molecular weight is 177 g/mol. The van der Waals surface area contributed by atoms with Crippen LogP contribution in [-0.4, -0.2) is 37.8 Å². The monoisotopic (exact) mass is 177 g/mol. The minimum absolute atomic E-state index is 0.340. The van der Waals surface area contributed by atoms with Gasteiger partial charge >= 0.3 is 0 Å². The van der Waals surface area contributed by atoms with Gasteiger partial charge in [0.15, 0.2) is 0 Å². The lowest BCUT2D eigenvalue weighted by atomic mass is 10.3. The van der Waals surface area contributed by atoms with Crippen molar-refractivity contribution in [2.45, 2.75) is 26.0 Å². The highest BCUT2D eigenvalue weighted by Crippen LogP contribution is 1.98. The molecule has 2 nitrogen and oxygen atoms in total. The molecule has 0 aromatic rings. The van der Waals surface area contributed by atoms with E-state index in [0.717, 1.165) is 12.4 Å². The minimum Gasteiger partial charge on any atom is -0.377 e. The SMILES string of the molecule is CNC(COC(C)C)CSC. The lowest BCUT2D eigenvalue weighted by molar-refractivity contribution is 0.0669. The smallest absolute Gasteiger partial charge is 0.0631 e. The molecule has 1 atom stereocenters. The summed E-state index contributed by atoms with van der Waals surface area (Å²) in [4.78, 5) is 0. The number of hydrogen-bond acceptors (Lipinski definition) is 3. The van der Waals surface area contributed by atoms with Gasteiger partial charge in [0, 0.05) is 11.8 Å². The molecule has 0 aliphatic rings. The Balaban J connectivity index is 3.35. The molecule has 1 unspecified atom stereocenters. The van der Waals surface area contributed by atoms with Crippen LogP contribution in [0.4, 0.5) is 0 Å². The standard InChI is InChI=1S/C8H19NOS/c1-7(2)10-5-8(9-3)6-11-4/h7-9H,5-6H2,1-4H3. The molecule has 0 amide bonds. The van der Waals surface area contributed by atoms with Gasteiger partial charge in [-0.1, -0.05) is 0 Å². The number of ether oxygens (including phenoxy) is 1. The van der Waals surface area contributed by atoms with Gasteiger partial charge in [0.05, 0.1) is 12.7 Å². The van der Waals surface area contributed by atoms with Crippen LogP contribution in [0.5, 0.6) is 0 Å². The van der Waals surface area contributed by atoms with Crippen molar-refractivity contribution >= 4 is 11.8 Å². The van der Waals surface area contributed by atoms with E-state index >= 15 is 0 Å². The van der Waals surface area contributed by atoms with Gasteiger partial charge in [0.1, 0.15) is 0 Å². The molecule has 0 aliphatic carbocycles. The number of hydrogen-bond donors (Lipinski definition) is 1. The zero-order chi connectivity index (χ0) is 8.69. The van der Waals surface area contributed by atoms with Crippen LogP contribution in [0.2, 0.25) is 0 Å². The summed E-state index contributed by atoms with van der Waals surface area (Å²) in [7, 11) is 1.98. The number of nitrogens with one attached hydrogen (secondary N) is 1. The fourth-order valence-electron chi connectivity index (χ4n) is 0.725. The lowest BCUT2D eigenvalue weighted by Crippen LogP contribution is -2.33. The molecule has 0 aliphatic heterocycles. The average Bonchev–Trinajstić information content (AvgIpc) is 1.97. The van der Waals surface area contributed by atoms with Crippen molar-refractivity contribution in [3.05, 3.63) is 0 Å². The summed E-state index contributed by atoms with van der Waals surface area (Å²) in [6.07, 6.45) is 2.45. The van der Waals surface area contributed by atoms with Crippen LogP contribution >= 0.6 is 11.8 Å². The van der Waals surface area contributed by atoms with E-state index in [0.29, 0.717) is 12.1 Å². The Hall–Kier alpha value is 0.270. The Morgan fingerprint density at radius 1 is 1.45 bits per heavy atom. The first-order valence-corrected chi connectivity index (χ1v) is 5.38. The molecule has 0 rings (SSSR count). The van der Waals surface area contributed by atoms with E-state index in [4.69, 9.17) is 4.74 Å². The first kappa shape index (κ1) is 11.3. The molecule has 0 aromatic heterocycles. The molecule has 0 bridgehead atoms. The second-order valence-electron chi connectivity index (χ2n) is 2.82. The predicted molar refractivity (Wildman–Crippen MR) is 52.3 cm³/mol. The normalized spacial score (nSPS) is 13.9. The fraction of sp³-hybridized carbons (Fsp3) is 1.00.